The van der Waals surface area contributed by atoms with Gasteiger partial charge in [-0.2, -0.15) is 10.2 Å². The molecule has 0 bridgehead atoms. The van der Waals surface area contributed by atoms with Gasteiger partial charge in [-0.3, -0.25) is 9.48 Å². The van der Waals surface area contributed by atoms with Gasteiger partial charge in [0.05, 0.1) is 17.6 Å². The third-order valence-corrected chi connectivity index (χ3v) is 4.23. The molecule has 0 aliphatic carbocycles. The van der Waals surface area contributed by atoms with Crippen molar-refractivity contribution in [2.75, 3.05) is 5.32 Å². The van der Waals surface area contributed by atoms with E-state index in [4.69, 9.17) is 4.74 Å². The zero-order valence-corrected chi connectivity index (χ0v) is 15.5. The molecule has 3 aromatic rings. The van der Waals surface area contributed by atoms with Crippen molar-refractivity contribution in [1.82, 2.24) is 19.6 Å². The van der Waals surface area contributed by atoms with Crippen LogP contribution in [0.4, 0.5) is 5.69 Å². The van der Waals surface area contributed by atoms with Crippen LogP contribution in [0.2, 0.25) is 0 Å². The van der Waals surface area contributed by atoms with Gasteiger partial charge in [-0.05, 0) is 44.2 Å². The van der Waals surface area contributed by atoms with Gasteiger partial charge < -0.3 is 10.1 Å². The van der Waals surface area contributed by atoms with Gasteiger partial charge in [0.2, 0.25) is 0 Å². The van der Waals surface area contributed by atoms with Gasteiger partial charge in [-0.15, -0.1) is 0 Å². The Morgan fingerprint density at radius 1 is 1.28 bits per heavy atom. The van der Waals surface area contributed by atoms with Crippen LogP contribution < -0.4 is 10.1 Å². The zero-order valence-electron chi connectivity index (χ0n) is 13.9. The second kappa shape index (κ2) is 7.52. The third-order valence-electron chi connectivity index (χ3n) is 3.70. The van der Waals surface area contributed by atoms with Crippen molar-refractivity contribution in [3.05, 3.63) is 58.6 Å². The fourth-order valence-electron chi connectivity index (χ4n) is 2.30. The number of nitrogens with zero attached hydrogens (tertiary/aromatic N) is 4. The second-order valence-electron chi connectivity index (χ2n) is 5.38. The van der Waals surface area contributed by atoms with Gasteiger partial charge in [-0.1, -0.05) is 15.9 Å². The number of aryl methyl sites for hydroxylation is 1. The minimum absolute atomic E-state index is 0.224. The molecule has 3 rings (SSSR count). The Balaban J connectivity index is 1.61. The smallest absolute Gasteiger partial charge is 0.276 e. The summed E-state index contributed by atoms with van der Waals surface area (Å²) in [7, 11) is 0. The maximum atomic E-state index is 12.3. The molecular formula is C17H18BrN5O2. The van der Waals surface area contributed by atoms with Crippen LogP contribution in [0, 0.1) is 6.92 Å². The van der Waals surface area contributed by atoms with E-state index in [9.17, 15) is 4.79 Å². The topological polar surface area (TPSA) is 74.0 Å². The number of carbonyl (C=O) groups excluding carboxylic acids is 1. The number of hydrogen-bond acceptors (Lipinski definition) is 4. The Morgan fingerprint density at radius 3 is 2.72 bits per heavy atom. The van der Waals surface area contributed by atoms with E-state index in [0.29, 0.717) is 11.4 Å². The Hall–Kier alpha value is -2.61. The zero-order chi connectivity index (χ0) is 17.8. The number of nitrogens with one attached hydrogen (secondary N) is 1. The largest absolute Gasteiger partial charge is 0.471 e. The number of hydrogen-bond donors (Lipinski definition) is 1. The Morgan fingerprint density at radius 2 is 2.04 bits per heavy atom. The maximum Gasteiger partial charge on any atom is 0.276 e. The number of benzene rings is 1. The van der Waals surface area contributed by atoms with E-state index in [1.54, 1.807) is 23.1 Å². The van der Waals surface area contributed by atoms with Gasteiger partial charge in [0.25, 0.3) is 5.91 Å². The summed E-state index contributed by atoms with van der Waals surface area (Å²) in [4.78, 5) is 12.3. The van der Waals surface area contributed by atoms with E-state index in [-0.39, 0.29) is 12.6 Å². The highest BCUT2D eigenvalue weighted by Crippen LogP contribution is 2.17. The predicted molar refractivity (Wildman–Crippen MR) is 97.6 cm³/mol. The summed E-state index contributed by atoms with van der Waals surface area (Å²) in [5, 5.41) is 11.3. The van der Waals surface area contributed by atoms with Crippen LogP contribution in [-0.2, 0) is 13.3 Å². The molecule has 1 N–H and O–H groups in total. The summed E-state index contributed by atoms with van der Waals surface area (Å²) in [6.45, 7) is 4.89. The first-order valence-corrected chi connectivity index (χ1v) is 8.61. The minimum atomic E-state index is -0.277. The molecule has 2 aromatic heterocycles. The first-order valence-electron chi connectivity index (χ1n) is 7.82. The summed E-state index contributed by atoms with van der Waals surface area (Å²) < 4.78 is 10.0. The van der Waals surface area contributed by atoms with Crippen molar-refractivity contribution < 1.29 is 9.53 Å². The Labute approximate surface area is 153 Å². The first kappa shape index (κ1) is 17.2. The summed E-state index contributed by atoms with van der Waals surface area (Å²) in [6, 6.07) is 9.16. The van der Waals surface area contributed by atoms with E-state index in [1.165, 1.54) is 0 Å². The van der Waals surface area contributed by atoms with Gasteiger partial charge >= 0.3 is 0 Å². The molecule has 130 valence electrons. The highest BCUT2D eigenvalue weighted by atomic mass is 79.9. The normalized spacial score (nSPS) is 10.7. The van der Waals surface area contributed by atoms with Gasteiger partial charge in [-0.25, -0.2) is 4.68 Å². The molecule has 7 nitrogen and oxygen atoms in total. The number of aromatic nitrogens is 4. The number of halogens is 1. The third kappa shape index (κ3) is 4.08. The molecule has 0 saturated carbocycles. The Kier molecular flexibility index (Phi) is 5.18. The summed E-state index contributed by atoms with van der Waals surface area (Å²) in [5.74, 6) is 0.452. The lowest BCUT2D eigenvalue weighted by molar-refractivity contribution is 0.102. The molecule has 25 heavy (non-hydrogen) atoms. The van der Waals surface area contributed by atoms with Crippen molar-refractivity contribution >= 4 is 27.5 Å². The molecular weight excluding hydrogens is 386 g/mol. The summed E-state index contributed by atoms with van der Waals surface area (Å²) in [6.07, 6.45) is 3.35. The molecule has 0 spiro atoms. The van der Waals surface area contributed by atoms with Gasteiger partial charge in [0.1, 0.15) is 5.75 Å². The first-order chi connectivity index (χ1) is 12.1. The molecule has 0 atom stereocenters. The van der Waals surface area contributed by atoms with Crippen LogP contribution >= 0.6 is 15.9 Å². The van der Waals surface area contributed by atoms with Crippen molar-refractivity contribution in [3.63, 3.8) is 0 Å². The van der Waals surface area contributed by atoms with Crippen molar-refractivity contribution in [2.24, 2.45) is 0 Å². The number of ether oxygens (including phenoxy) is 1. The molecule has 0 saturated heterocycles. The Bertz CT molecular complexity index is 870. The maximum absolute atomic E-state index is 12.3. The molecule has 8 heteroatoms. The fraction of sp³-hybridized carbons (Fsp3) is 0.235. The van der Waals surface area contributed by atoms with E-state index in [1.807, 2.05) is 42.8 Å². The predicted octanol–water partition coefficient (Wildman–Crippen LogP) is 3.46. The molecule has 0 radical (unpaired) electrons. The van der Waals surface area contributed by atoms with Crippen molar-refractivity contribution in [1.29, 1.82) is 0 Å². The van der Waals surface area contributed by atoms with Crippen LogP contribution in [-0.4, -0.2) is 25.5 Å². The van der Waals surface area contributed by atoms with Crippen molar-refractivity contribution in [3.8, 4) is 5.75 Å². The SMILES string of the molecule is CCn1ncc(NC(=O)c2ccn(COc3ccc(Br)cc3)n2)c1C. The lowest BCUT2D eigenvalue weighted by atomic mass is 10.3. The fourth-order valence-corrected chi connectivity index (χ4v) is 2.56. The summed E-state index contributed by atoms with van der Waals surface area (Å²) >= 11 is 3.38. The highest BCUT2D eigenvalue weighted by molar-refractivity contribution is 9.10. The van der Waals surface area contributed by atoms with Crippen molar-refractivity contribution in [2.45, 2.75) is 27.1 Å². The molecule has 0 fully saturated rings. The molecule has 1 aromatic carbocycles. The minimum Gasteiger partial charge on any atom is -0.471 e. The van der Waals surface area contributed by atoms with Crippen LogP contribution in [0.3, 0.4) is 0 Å². The number of carbonyl (C=O) groups is 1. The lowest BCUT2D eigenvalue weighted by Crippen LogP contribution is -2.14. The average molecular weight is 404 g/mol. The second-order valence-corrected chi connectivity index (χ2v) is 6.30. The van der Waals surface area contributed by atoms with Crippen LogP contribution in [0.1, 0.15) is 23.1 Å². The van der Waals surface area contributed by atoms with Gasteiger partial charge in [0, 0.05) is 17.2 Å². The highest BCUT2D eigenvalue weighted by Gasteiger charge is 2.13. The van der Waals surface area contributed by atoms with E-state index >= 15 is 0 Å². The lowest BCUT2D eigenvalue weighted by Gasteiger charge is -2.06. The molecule has 0 aliphatic heterocycles. The standard InChI is InChI=1S/C17H18BrN5O2/c1-3-23-12(2)16(10-19-23)20-17(24)15-8-9-22(21-15)11-25-14-6-4-13(18)5-7-14/h4-10H,3,11H2,1-2H3,(H,20,24). The number of anilines is 1. The quantitative estimate of drug-likeness (QED) is 0.683. The molecule has 0 unspecified atom stereocenters. The van der Waals surface area contributed by atoms with Crippen LogP contribution in [0.5, 0.6) is 5.75 Å². The molecule has 0 aliphatic rings. The van der Waals surface area contributed by atoms with E-state index in [0.717, 1.165) is 22.5 Å². The van der Waals surface area contributed by atoms with Crippen LogP contribution in [0.25, 0.3) is 0 Å². The van der Waals surface area contributed by atoms with Gasteiger partial charge in [0.15, 0.2) is 12.4 Å². The number of amides is 1. The number of rotatable bonds is 6. The van der Waals surface area contributed by atoms with Crippen LogP contribution in [0.15, 0.2) is 47.2 Å². The monoisotopic (exact) mass is 403 g/mol. The average Bonchev–Trinajstić information content (AvgIpc) is 3.22. The molecule has 1 amide bonds. The van der Waals surface area contributed by atoms with E-state index in [2.05, 4.69) is 31.4 Å². The van der Waals surface area contributed by atoms with E-state index < -0.39 is 0 Å². The summed E-state index contributed by atoms with van der Waals surface area (Å²) in [5.41, 5.74) is 1.92. The molecule has 2 heterocycles.